The number of rotatable bonds is 3. The molecule has 0 radical (unpaired) electrons. The van der Waals surface area contributed by atoms with E-state index in [4.69, 9.17) is 10.3 Å². The van der Waals surface area contributed by atoms with Crippen LogP contribution in [0.1, 0.15) is 13.8 Å². The van der Waals surface area contributed by atoms with E-state index in [1.54, 1.807) is 6.07 Å². The fourth-order valence-electron chi connectivity index (χ4n) is 2.85. The smallest absolute Gasteiger partial charge is 0.171 e. The summed E-state index contributed by atoms with van der Waals surface area (Å²) in [6.07, 6.45) is 0. The summed E-state index contributed by atoms with van der Waals surface area (Å²) in [5, 5.41) is 3.79. The fourth-order valence-corrected chi connectivity index (χ4v) is 2.85. The monoisotopic (exact) mass is 286 g/mol. The highest BCUT2D eigenvalue weighted by Gasteiger charge is 2.21. The third kappa shape index (κ3) is 2.88. The number of nitrogens with zero attached hydrogens (tertiary/aromatic N) is 3. The lowest BCUT2D eigenvalue weighted by Crippen LogP contribution is -2.49. The van der Waals surface area contributed by atoms with Crippen LogP contribution in [0.15, 0.2) is 34.9 Å². The molecular formula is C16H22N4O. The van der Waals surface area contributed by atoms with Gasteiger partial charge >= 0.3 is 0 Å². The molecule has 0 saturated carbocycles. The molecule has 1 saturated heterocycles. The number of benzene rings is 1. The average Bonchev–Trinajstić information content (AvgIpc) is 2.94. The Morgan fingerprint density at radius 2 is 1.86 bits per heavy atom. The van der Waals surface area contributed by atoms with Crippen LogP contribution in [0.4, 0.5) is 11.5 Å². The molecule has 2 aromatic rings. The van der Waals surface area contributed by atoms with Crippen LogP contribution in [-0.2, 0) is 0 Å². The fraction of sp³-hybridized carbons (Fsp3) is 0.438. The first-order valence-electron chi connectivity index (χ1n) is 7.46. The number of anilines is 2. The van der Waals surface area contributed by atoms with Crippen molar-refractivity contribution in [3.63, 3.8) is 0 Å². The number of hydrogen-bond donors (Lipinski definition) is 1. The minimum Gasteiger partial charge on any atom is -0.381 e. The molecule has 0 spiro atoms. The van der Waals surface area contributed by atoms with Crippen molar-refractivity contribution in [2.75, 3.05) is 36.8 Å². The third-order valence-corrected chi connectivity index (χ3v) is 4.08. The van der Waals surface area contributed by atoms with Gasteiger partial charge in [-0.1, -0.05) is 17.3 Å². The molecule has 2 heterocycles. The highest BCUT2D eigenvalue weighted by atomic mass is 16.5. The summed E-state index contributed by atoms with van der Waals surface area (Å²) in [6.45, 7) is 8.73. The van der Waals surface area contributed by atoms with Gasteiger partial charge in [-0.3, -0.25) is 4.90 Å². The summed E-state index contributed by atoms with van der Waals surface area (Å²) in [5.41, 5.74) is 7.92. The van der Waals surface area contributed by atoms with Crippen LogP contribution in [-0.4, -0.2) is 42.3 Å². The van der Waals surface area contributed by atoms with E-state index >= 15 is 0 Å². The molecule has 0 amide bonds. The molecule has 1 fully saturated rings. The molecule has 5 nitrogen and oxygen atoms in total. The van der Waals surface area contributed by atoms with E-state index in [1.165, 1.54) is 5.69 Å². The lowest BCUT2D eigenvalue weighted by Gasteiger charge is -2.38. The van der Waals surface area contributed by atoms with Crippen LogP contribution < -0.4 is 10.6 Å². The molecule has 112 valence electrons. The number of nitrogen functional groups attached to an aromatic ring is 1. The Hall–Kier alpha value is -2.01. The first kappa shape index (κ1) is 13.9. The summed E-state index contributed by atoms with van der Waals surface area (Å²) in [6, 6.07) is 10.7. The van der Waals surface area contributed by atoms with Crippen molar-refractivity contribution < 1.29 is 4.52 Å². The second-order valence-electron chi connectivity index (χ2n) is 5.75. The number of aromatic nitrogens is 1. The molecule has 0 unspecified atom stereocenters. The van der Waals surface area contributed by atoms with Crippen molar-refractivity contribution in [1.82, 2.24) is 10.1 Å². The maximum Gasteiger partial charge on any atom is 0.171 e. The molecule has 1 aliphatic heterocycles. The number of para-hydroxylation sites is 1. The number of piperazine rings is 1. The standard InChI is InChI=1S/C16H22N4O/c1-12(2)19-7-9-20(10-8-19)14-6-4-3-5-13(14)15-11-16(17)18-21-15/h3-6,11-12H,7-10H2,1-2H3,(H2,17,18). The van der Waals surface area contributed by atoms with Crippen LogP contribution in [0, 0.1) is 0 Å². The second kappa shape index (κ2) is 5.77. The molecule has 0 aliphatic carbocycles. The highest BCUT2D eigenvalue weighted by molar-refractivity contribution is 5.76. The minimum absolute atomic E-state index is 0.421. The Labute approximate surface area is 125 Å². The maximum atomic E-state index is 5.67. The van der Waals surface area contributed by atoms with Gasteiger partial charge in [-0.05, 0) is 26.0 Å². The largest absolute Gasteiger partial charge is 0.381 e. The Morgan fingerprint density at radius 1 is 1.14 bits per heavy atom. The van der Waals surface area contributed by atoms with Gasteiger partial charge in [-0.25, -0.2) is 0 Å². The molecule has 1 aromatic heterocycles. The molecule has 5 heteroatoms. The van der Waals surface area contributed by atoms with Crippen molar-refractivity contribution in [3.05, 3.63) is 30.3 Å². The second-order valence-corrected chi connectivity index (χ2v) is 5.75. The van der Waals surface area contributed by atoms with Gasteiger partial charge < -0.3 is 15.2 Å². The Bertz CT molecular complexity index is 600. The van der Waals surface area contributed by atoms with Crippen LogP contribution in [0.3, 0.4) is 0 Å². The van der Waals surface area contributed by atoms with Gasteiger partial charge in [-0.2, -0.15) is 0 Å². The lowest BCUT2D eigenvalue weighted by atomic mass is 10.1. The van der Waals surface area contributed by atoms with E-state index in [1.807, 2.05) is 6.07 Å². The molecule has 0 bridgehead atoms. The van der Waals surface area contributed by atoms with E-state index in [2.05, 4.69) is 47.0 Å². The van der Waals surface area contributed by atoms with Gasteiger partial charge in [0.2, 0.25) is 0 Å². The zero-order valence-corrected chi connectivity index (χ0v) is 12.6. The summed E-state index contributed by atoms with van der Waals surface area (Å²) in [7, 11) is 0. The van der Waals surface area contributed by atoms with Gasteiger partial charge in [0.25, 0.3) is 0 Å². The van der Waals surface area contributed by atoms with Crippen LogP contribution in [0.25, 0.3) is 11.3 Å². The average molecular weight is 286 g/mol. The number of nitrogens with two attached hydrogens (primary N) is 1. The Kier molecular flexibility index (Phi) is 3.84. The predicted molar refractivity (Wildman–Crippen MR) is 85.3 cm³/mol. The summed E-state index contributed by atoms with van der Waals surface area (Å²) in [4.78, 5) is 4.92. The zero-order chi connectivity index (χ0) is 14.8. The van der Waals surface area contributed by atoms with E-state index in [-0.39, 0.29) is 0 Å². The lowest BCUT2D eigenvalue weighted by molar-refractivity contribution is 0.209. The molecular weight excluding hydrogens is 264 g/mol. The van der Waals surface area contributed by atoms with Crippen molar-refractivity contribution in [2.45, 2.75) is 19.9 Å². The highest BCUT2D eigenvalue weighted by Crippen LogP contribution is 2.32. The van der Waals surface area contributed by atoms with Gasteiger partial charge in [0.15, 0.2) is 11.6 Å². The molecule has 21 heavy (non-hydrogen) atoms. The molecule has 0 atom stereocenters. The van der Waals surface area contributed by atoms with E-state index < -0.39 is 0 Å². The summed E-state index contributed by atoms with van der Waals surface area (Å²) < 4.78 is 5.33. The quantitative estimate of drug-likeness (QED) is 0.939. The third-order valence-electron chi connectivity index (χ3n) is 4.08. The molecule has 2 N–H and O–H groups in total. The molecule has 3 rings (SSSR count). The van der Waals surface area contributed by atoms with Crippen molar-refractivity contribution >= 4 is 11.5 Å². The summed E-state index contributed by atoms with van der Waals surface area (Å²) >= 11 is 0. The van der Waals surface area contributed by atoms with Crippen molar-refractivity contribution in [1.29, 1.82) is 0 Å². The Morgan fingerprint density at radius 3 is 2.48 bits per heavy atom. The molecule has 1 aromatic carbocycles. The van der Waals surface area contributed by atoms with Gasteiger partial charge in [0, 0.05) is 49.5 Å². The first-order chi connectivity index (χ1) is 10.1. The normalized spacial score (nSPS) is 16.6. The molecule has 1 aliphatic rings. The van der Waals surface area contributed by atoms with Gasteiger partial charge in [0.1, 0.15) is 0 Å². The number of hydrogen-bond acceptors (Lipinski definition) is 5. The van der Waals surface area contributed by atoms with Gasteiger partial charge in [0.05, 0.1) is 0 Å². The SMILES string of the molecule is CC(C)N1CCN(c2ccccc2-c2cc(N)no2)CC1. The Balaban J connectivity index is 1.83. The summed E-state index contributed by atoms with van der Waals surface area (Å²) in [5.74, 6) is 1.15. The first-order valence-corrected chi connectivity index (χ1v) is 7.46. The van der Waals surface area contributed by atoms with E-state index in [0.29, 0.717) is 11.9 Å². The maximum absolute atomic E-state index is 5.67. The van der Waals surface area contributed by atoms with Crippen LogP contribution in [0.2, 0.25) is 0 Å². The zero-order valence-electron chi connectivity index (χ0n) is 12.6. The van der Waals surface area contributed by atoms with Crippen LogP contribution >= 0.6 is 0 Å². The van der Waals surface area contributed by atoms with E-state index in [0.717, 1.165) is 37.5 Å². The van der Waals surface area contributed by atoms with Crippen molar-refractivity contribution in [2.24, 2.45) is 0 Å². The van der Waals surface area contributed by atoms with E-state index in [9.17, 15) is 0 Å². The van der Waals surface area contributed by atoms with Crippen LogP contribution in [0.5, 0.6) is 0 Å². The van der Waals surface area contributed by atoms with Gasteiger partial charge in [-0.15, -0.1) is 0 Å². The predicted octanol–water partition coefficient (Wildman–Crippen LogP) is 2.45. The minimum atomic E-state index is 0.421. The topological polar surface area (TPSA) is 58.5 Å². The van der Waals surface area contributed by atoms with Crippen molar-refractivity contribution in [3.8, 4) is 11.3 Å².